The Balaban J connectivity index is 3.17. The number of halogens is 4. The average Bonchev–Trinajstić information content (AvgIpc) is 1.94. The molecule has 0 aliphatic heterocycles. The number of pyridine rings is 1. The van der Waals surface area contributed by atoms with Crippen molar-refractivity contribution in [2.75, 3.05) is 0 Å². The molecule has 0 amide bonds. The fourth-order valence-electron chi connectivity index (χ4n) is 0.600. The van der Waals surface area contributed by atoms with E-state index in [2.05, 4.69) is 4.98 Å². The normalized spacial score (nSPS) is 10.6. The SMILES string of the molecule is Fc1c(C(F)F)ccnc1Cl. The summed E-state index contributed by atoms with van der Waals surface area (Å²) in [6, 6.07) is 0.895. The van der Waals surface area contributed by atoms with Gasteiger partial charge in [0.2, 0.25) is 0 Å². The quantitative estimate of drug-likeness (QED) is 0.607. The Kier molecular flexibility index (Phi) is 2.34. The molecule has 1 heterocycles. The molecule has 1 nitrogen and oxygen atoms in total. The van der Waals surface area contributed by atoms with Gasteiger partial charge in [0.1, 0.15) is 0 Å². The van der Waals surface area contributed by atoms with Crippen molar-refractivity contribution >= 4 is 11.6 Å². The maximum atomic E-state index is 12.6. The largest absolute Gasteiger partial charge is 0.266 e. The number of rotatable bonds is 1. The van der Waals surface area contributed by atoms with Crippen LogP contribution in [0.4, 0.5) is 13.2 Å². The molecule has 0 aliphatic carbocycles. The summed E-state index contributed by atoms with van der Waals surface area (Å²) in [6.07, 6.45) is -1.82. The molecule has 0 fully saturated rings. The number of hydrogen-bond acceptors (Lipinski definition) is 1. The molecule has 0 aromatic carbocycles. The highest BCUT2D eigenvalue weighted by Crippen LogP contribution is 2.24. The summed E-state index contributed by atoms with van der Waals surface area (Å²) in [6.45, 7) is 0. The van der Waals surface area contributed by atoms with E-state index in [1.807, 2.05) is 0 Å². The third kappa shape index (κ3) is 1.63. The molecule has 1 rings (SSSR count). The van der Waals surface area contributed by atoms with Crippen LogP contribution in [0.1, 0.15) is 12.0 Å². The predicted molar refractivity (Wildman–Crippen MR) is 34.2 cm³/mol. The second-order valence-electron chi connectivity index (χ2n) is 1.81. The molecule has 0 saturated heterocycles. The van der Waals surface area contributed by atoms with Crippen molar-refractivity contribution in [2.24, 2.45) is 0 Å². The summed E-state index contributed by atoms with van der Waals surface area (Å²) in [5.74, 6) is -1.15. The Morgan fingerprint density at radius 1 is 1.45 bits per heavy atom. The summed E-state index contributed by atoms with van der Waals surface area (Å²) in [7, 11) is 0. The van der Waals surface area contributed by atoms with Gasteiger partial charge >= 0.3 is 0 Å². The van der Waals surface area contributed by atoms with Gasteiger partial charge in [-0.25, -0.2) is 18.2 Å². The Morgan fingerprint density at radius 2 is 2.09 bits per heavy atom. The molecule has 1 aromatic heterocycles. The monoisotopic (exact) mass is 181 g/mol. The average molecular weight is 182 g/mol. The van der Waals surface area contributed by atoms with Crippen LogP contribution in [0.5, 0.6) is 0 Å². The summed E-state index contributed by atoms with van der Waals surface area (Å²) >= 11 is 5.14. The predicted octanol–water partition coefficient (Wildman–Crippen LogP) is 2.81. The Labute approximate surface area is 65.8 Å². The summed E-state index contributed by atoms with van der Waals surface area (Å²) in [4.78, 5) is 3.28. The molecule has 0 radical (unpaired) electrons. The molecule has 5 heteroatoms. The van der Waals surface area contributed by atoms with E-state index in [4.69, 9.17) is 11.6 Å². The van der Waals surface area contributed by atoms with Crippen LogP contribution in [0.15, 0.2) is 12.3 Å². The molecule has 1 aromatic rings. The fraction of sp³-hybridized carbons (Fsp3) is 0.167. The zero-order chi connectivity index (χ0) is 8.43. The molecular weight excluding hydrogens is 179 g/mol. The van der Waals surface area contributed by atoms with E-state index in [-0.39, 0.29) is 0 Å². The summed E-state index contributed by atoms with van der Waals surface area (Å²) in [5.41, 5.74) is -0.718. The lowest BCUT2D eigenvalue weighted by Crippen LogP contribution is -1.92. The Hall–Kier alpha value is -0.770. The van der Waals surface area contributed by atoms with E-state index in [0.29, 0.717) is 0 Å². The lowest BCUT2D eigenvalue weighted by molar-refractivity contribution is 0.146. The van der Waals surface area contributed by atoms with Gasteiger partial charge in [0.25, 0.3) is 6.43 Å². The van der Waals surface area contributed by atoms with Gasteiger partial charge in [-0.2, -0.15) is 0 Å². The van der Waals surface area contributed by atoms with Gasteiger partial charge in [-0.3, -0.25) is 0 Å². The highest BCUT2D eigenvalue weighted by atomic mass is 35.5. The van der Waals surface area contributed by atoms with Gasteiger partial charge in [-0.1, -0.05) is 11.6 Å². The van der Waals surface area contributed by atoms with Gasteiger partial charge in [0.05, 0.1) is 5.56 Å². The van der Waals surface area contributed by atoms with Gasteiger partial charge in [0.15, 0.2) is 11.0 Å². The minimum atomic E-state index is -2.85. The first-order valence-corrected chi connectivity index (χ1v) is 3.08. The van der Waals surface area contributed by atoms with Crippen molar-refractivity contribution in [1.29, 1.82) is 0 Å². The molecular formula is C6H3ClF3N. The molecule has 11 heavy (non-hydrogen) atoms. The first kappa shape index (κ1) is 8.33. The molecule has 0 aliphatic rings. The molecule has 0 N–H and O–H groups in total. The highest BCUT2D eigenvalue weighted by Gasteiger charge is 2.15. The highest BCUT2D eigenvalue weighted by molar-refractivity contribution is 6.29. The first-order chi connectivity index (χ1) is 5.13. The van der Waals surface area contributed by atoms with Gasteiger partial charge in [-0.05, 0) is 6.07 Å². The van der Waals surface area contributed by atoms with Crippen molar-refractivity contribution in [3.8, 4) is 0 Å². The van der Waals surface area contributed by atoms with Gasteiger partial charge in [0, 0.05) is 6.20 Å². The molecule has 0 atom stereocenters. The van der Waals surface area contributed by atoms with Crippen LogP contribution < -0.4 is 0 Å². The first-order valence-electron chi connectivity index (χ1n) is 2.71. The molecule has 0 saturated carbocycles. The van der Waals surface area contributed by atoms with E-state index in [1.54, 1.807) is 0 Å². The second-order valence-corrected chi connectivity index (χ2v) is 2.16. The van der Waals surface area contributed by atoms with E-state index in [9.17, 15) is 13.2 Å². The van der Waals surface area contributed by atoms with Crippen LogP contribution in [0.3, 0.4) is 0 Å². The van der Waals surface area contributed by atoms with Crippen LogP contribution >= 0.6 is 11.6 Å². The van der Waals surface area contributed by atoms with Crippen LogP contribution in [-0.4, -0.2) is 4.98 Å². The fourth-order valence-corrected chi connectivity index (χ4v) is 0.766. The lowest BCUT2D eigenvalue weighted by atomic mass is 10.3. The standard InChI is InChI=1S/C6H3ClF3N/c7-5-4(8)3(6(9)10)1-2-11-5/h1-2,6H. The molecule has 60 valence electrons. The summed E-state index contributed by atoms with van der Waals surface area (Å²) < 4.78 is 36.3. The number of hydrogen-bond donors (Lipinski definition) is 0. The van der Waals surface area contributed by atoms with Crippen LogP contribution in [0.25, 0.3) is 0 Å². The van der Waals surface area contributed by atoms with Crippen molar-refractivity contribution < 1.29 is 13.2 Å². The second kappa shape index (κ2) is 3.09. The summed E-state index contributed by atoms with van der Waals surface area (Å²) in [5, 5.41) is -0.525. The Bertz CT molecular complexity index is 264. The minimum Gasteiger partial charge on any atom is -0.242 e. The molecule has 0 unspecified atom stereocenters. The maximum Gasteiger partial charge on any atom is 0.266 e. The van der Waals surface area contributed by atoms with Crippen molar-refractivity contribution in [2.45, 2.75) is 6.43 Å². The topological polar surface area (TPSA) is 12.9 Å². The van der Waals surface area contributed by atoms with Crippen LogP contribution in [-0.2, 0) is 0 Å². The number of alkyl halides is 2. The zero-order valence-electron chi connectivity index (χ0n) is 5.19. The van der Waals surface area contributed by atoms with Crippen molar-refractivity contribution in [1.82, 2.24) is 4.98 Å². The molecule has 0 bridgehead atoms. The van der Waals surface area contributed by atoms with E-state index < -0.39 is 23.0 Å². The number of aromatic nitrogens is 1. The van der Waals surface area contributed by atoms with Crippen molar-refractivity contribution in [3.05, 3.63) is 28.8 Å². The molecule has 0 spiro atoms. The lowest BCUT2D eigenvalue weighted by Gasteiger charge is -2.00. The van der Waals surface area contributed by atoms with Crippen molar-refractivity contribution in [3.63, 3.8) is 0 Å². The van der Waals surface area contributed by atoms with E-state index in [1.165, 1.54) is 0 Å². The smallest absolute Gasteiger partial charge is 0.242 e. The third-order valence-electron chi connectivity index (χ3n) is 1.11. The van der Waals surface area contributed by atoms with E-state index in [0.717, 1.165) is 12.3 Å². The third-order valence-corrected chi connectivity index (χ3v) is 1.38. The minimum absolute atomic E-state index is 0.525. The van der Waals surface area contributed by atoms with Crippen LogP contribution in [0.2, 0.25) is 5.15 Å². The number of nitrogens with zero attached hydrogens (tertiary/aromatic N) is 1. The Morgan fingerprint density at radius 3 is 2.55 bits per heavy atom. The van der Waals surface area contributed by atoms with Crippen LogP contribution in [0, 0.1) is 5.82 Å². The van der Waals surface area contributed by atoms with Gasteiger partial charge < -0.3 is 0 Å². The zero-order valence-corrected chi connectivity index (χ0v) is 5.95. The maximum absolute atomic E-state index is 12.6. The van der Waals surface area contributed by atoms with Gasteiger partial charge in [-0.15, -0.1) is 0 Å². The van der Waals surface area contributed by atoms with E-state index >= 15 is 0 Å².